The van der Waals surface area contributed by atoms with Gasteiger partial charge in [-0.2, -0.15) is 0 Å². The highest BCUT2D eigenvalue weighted by molar-refractivity contribution is 5.54. The summed E-state index contributed by atoms with van der Waals surface area (Å²) in [5, 5.41) is 3.38. The second-order valence-corrected chi connectivity index (χ2v) is 4.45. The summed E-state index contributed by atoms with van der Waals surface area (Å²) < 4.78 is 26.5. The first kappa shape index (κ1) is 12.2. The van der Waals surface area contributed by atoms with Crippen LogP contribution in [0, 0.1) is 11.6 Å². The summed E-state index contributed by atoms with van der Waals surface area (Å²) in [5.74, 6) is -1.55. The van der Waals surface area contributed by atoms with Gasteiger partial charge in [-0.05, 0) is 25.3 Å². The minimum Gasteiger partial charge on any atom is -0.310 e. The van der Waals surface area contributed by atoms with Crippen molar-refractivity contribution in [2.45, 2.75) is 32.2 Å². The molecule has 1 aromatic carbocycles. The highest BCUT2D eigenvalue weighted by Crippen LogP contribution is 2.20. The molecule has 1 saturated carbocycles. The van der Waals surface area contributed by atoms with Crippen molar-refractivity contribution in [2.24, 2.45) is 0 Å². The minimum atomic E-state index is -0.788. The molecule has 1 nitrogen and oxygen atoms in total. The van der Waals surface area contributed by atoms with E-state index >= 15 is 0 Å². The molecule has 0 unspecified atom stereocenters. The average molecular weight is 237 g/mol. The van der Waals surface area contributed by atoms with E-state index in [0.29, 0.717) is 11.6 Å². The van der Waals surface area contributed by atoms with Crippen molar-refractivity contribution in [3.05, 3.63) is 41.0 Å². The van der Waals surface area contributed by atoms with Crippen molar-refractivity contribution in [3.63, 3.8) is 0 Å². The van der Waals surface area contributed by atoms with E-state index in [-0.39, 0.29) is 0 Å². The largest absolute Gasteiger partial charge is 0.310 e. The van der Waals surface area contributed by atoms with E-state index in [4.69, 9.17) is 0 Å². The Morgan fingerprint density at radius 3 is 2.82 bits per heavy atom. The molecule has 0 aliphatic heterocycles. The van der Waals surface area contributed by atoms with E-state index in [9.17, 15) is 8.78 Å². The Kier molecular flexibility index (Phi) is 3.89. The van der Waals surface area contributed by atoms with E-state index in [2.05, 4.69) is 5.32 Å². The zero-order valence-electron chi connectivity index (χ0n) is 9.97. The normalized spacial score (nSPS) is 16.3. The van der Waals surface area contributed by atoms with Gasteiger partial charge in [0.05, 0.1) is 0 Å². The molecule has 1 aliphatic carbocycles. The standard InChI is InChI=1S/C14H17F2N/c1-2-10(9-17-12-6-7-12)8-11-4-3-5-13(15)14(11)16/h3-5,8,12,17H,2,6-7,9H2,1H3. The van der Waals surface area contributed by atoms with Gasteiger partial charge >= 0.3 is 0 Å². The van der Waals surface area contributed by atoms with Gasteiger partial charge in [-0.15, -0.1) is 0 Å². The van der Waals surface area contributed by atoms with Crippen LogP contribution in [0.15, 0.2) is 23.8 Å². The van der Waals surface area contributed by atoms with Crippen LogP contribution in [0.2, 0.25) is 0 Å². The second kappa shape index (κ2) is 5.41. The smallest absolute Gasteiger partial charge is 0.166 e. The van der Waals surface area contributed by atoms with E-state index < -0.39 is 11.6 Å². The van der Waals surface area contributed by atoms with Crippen LogP contribution in [-0.2, 0) is 0 Å². The molecule has 0 radical (unpaired) electrons. The van der Waals surface area contributed by atoms with Crippen molar-refractivity contribution in [3.8, 4) is 0 Å². The molecule has 1 fully saturated rings. The summed E-state index contributed by atoms with van der Waals surface area (Å²) in [6.45, 7) is 2.79. The minimum absolute atomic E-state index is 0.333. The molecule has 2 rings (SSSR count). The topological polar surface area (TPSA) is 12.0 Å². The number of benzene rings is 1. The van der Waals surface area contributed by atoms with Gasteiger partial charge in [-0.25, -0.2) is 8.78 Å². The highest BCUT2D eigenvalue weighted by Gasteiger charge is 2.20. The number of hydrogen-bond donors (Lipinski definition) is 1. The predicted octanol–water partition coefficient (Wildman–Crippen LogP) is 3.51. The van der Waals surface area contributed by atoms with Crippen LogP contribution in [0.4, 0.5) is 8.78 Å². The summed E-state index contributed by atoms with van der Waals surface area (Å²) >= 11 is 0. The predicted molar refractivity (Wildman–Crippen MR) is 65.7 cm³/mol. The molecule has 0 spiro atoms. The van der Waals surface area contributed by atoms with Crippen LogP contribution in [0.25, 0.3) is 6.08 Å². The van der Waals surface area contributed by atoms with Crippen molar-refractivity contribution < 1.29 is 8.78 Å². The first-order valence-corrected chi connectivity index (χ1v) is 6.07. The fourth-order valence-electron chi connectivity index (χ4n) is 1.69. The Hall–Kier alpha value is -1.22. The molecule has 3 heteroatoms. The zero-order valence-corrected chi connectivity index (χ0v) is 9.97. The summed E-state index contributed by atoms with van der Waals surface area (Å²) in [6, 6.07) is 4.90. The zero-order chi connectivity index (χ0) is 12.3. The summed E-state index contributed by atoms with van der Waals surface area (Å²) in [6.07, 6.45) is 5.04. The lowest BCUT2D eigenvalue weighted by molar-refractivity contribution is 0.507. The lowest BCUT2D eigenvalue weighted by atomic mass is 10.1. The monoisotopic (exact) mass is 237 g/mol. The van der Waals surface area contributed by atoms with Gasteiger partial charge in [-0.3, -0.25) is 0 Å². The SMILES string of the molecule is CCC(=Cc1cccc(F)c1F)CNC1CC1. The number of nitrogens with one attached hydrogen (secondary N) is 1. The molecule has 1 aromatic rings. The van der Waals surface area contributed by atoms with E-state index in [0.717, 1.165) is 24.6 Å². The molecule has 1 N–H and O–H groups in total. The van der Waals surface area contributed by atoms with Crippen molar-refractivity contribution in [1.82, 2.24) is 5.32 Å². The molecule has 0 amide bonds. The van der Waals surface area contributed by atoms with E-state index in [1.807, 2.05) is 6.92 Å². The fraction of sp³-hybridized carbons (Fsp3) is 0.429. The summed E-state index contributed by atoms with van der Waals surface area (Å²) in [7, 11) is 0. The van der Waals surface area contributed by atoms with Gasteiger partial charge in [0, 0.05) is 18.2 Å². The van der Waals surface area contributed by atoms with Crippen molar-refractivity contribution in [1.29, 1.82) is 0 Å². The molecule has 0 aromatic heterocycles. The Morgan fingerprint density at radius 2 is 2.18 bits per heavy atom. The summed E-state index contributed by atoms with van der Waals surface area (Å²) in [4.78, 5) is 0. The van der Waals surface area contributed by atoms with Crippen LogP contribution in [0.5, 0.6) is 0 Å². The van der Waals surface area contributed by atoms with Crippen molar-refractivity contribution >= 4 is 6.08 Å². The van der Waals surface area contributed by atoms with Gasteiger partial charge in [0.1, 0.15) is 0 Å². The molecule has 17 heavy (non-hydrogen) atoms. The quantitative estimate of drug-likeness (QED) is 0.826. The maximum Gasteiger partial charge on any atom is 0.166 e. The van der Waals surface area contributed by atoms with E-state index in [1.54, 1.807) is 12.1 Å². The number of halogens is 2. The third kappa shape index (κ3) is 3.37. The van der Waals surface area contributed by atoms with E-state index in [1.165, 1.54) is 18.9 Å². The van der Waals surface area contributed by atoms with Crippen LogP contribution in [-0.4, -0.2) is 12.6 Å². The van der Waals surface area contributed by atoms with Crippen molar-refractivity contribution in [2.75, 3.05) is 6.54 Å². The third-order valence-corrected chi connectivity index (χ3v) is 2.99. The summed E-state index contributed by atoms with van der Waals surface area (Å²) in [5.41, 5.74) is 1.43. The molecule has 0 heterocycles. The highest BCUT2D eigenvalue weighted by atomic mass is 19.2. The maximum absolute atomic E-state index is 13.5. The molecule has 0 bridgehead atoms. The van der Waals surface area contributed by atoms with Crippen LogP contribution in [0.3, 0.4) is 0 Å². The molecule has 1 aliphatic rings. The van der Waals surface area contributed by atoms with Gasteiger partial charge in [0.2, 0.25) is 0 Å². The Labute approximate surface area is 101 Å². The van der Waals surface area contributed by atoms with Crippen LogP contribution < -0.4 is 5.32 Å². The molecular weight excluding hydrogens is 220 g/mol. The Bertz CT molecular complexity index is 422. The third-order valence-electron chi connectivity index (χ3n) is 2.99. The van der Waals surface area contributed by atoms with Gasteiger partial charge in [0.15, 0.2) is 11.6 Å². The Morgan fingerprint density at radius 1 is 1.41 bits per heavy atom. The fourth-order valence-corrected chi connectivity index (χ4v) is 1.69. The molecule has 0 saturated heterocycles. The first-order chi connectivity index (χ1) is 8.20. The lowest BCUT2D eigenvalue weighted by Gasteiger charge is -2.07. The first-order valence-electron chi connectivity index (χ1n) is 6.07. The van der Waals surface area contributed by atoms with Gasteiger partial charge in [-0.1, -0.05) is 30.7 Å². The molecule has 92 valence electrons. The Balaban J connectivity index is 2.10. The second-order valence-electron chi connectivity index (χ2n) is 4.45. The van der Waals surface area contributed by atoms with Crippen LogP contribution >= 0.6 is 0 Å². The van der Waals surface area contributed by atoms with Gasteiger partial charge in [0.25, 0.3) is 0 Å². The molecular formula is C14H17F2N. The average Bonchev–Trinajstić information content (AvgIpc) is 3.13. The maximum atomic E-state index is 13.5. The van der Waals surface area contributed by atoms with Crippen LogP contribution in [0.1, 0.15) is 31.7 Å². The molecule has 0 atom stereocenters. The number of hydrogen-bond acceptors (Lipinski definition) is 1. The lowest BCUT2D eigenvalue weighted by Crippen LogP contribution is -2.19. The number of rotatable bonds is 5. The van der Waals surface area contributed by atoms with Gasteiger partial charge < -0.3 is 5.32 Å².